The molecule has 0 fully saturated rings. The SMILES string of the molecule is CCCOc1cncc(N(C)c2ccccc2CN)n1. The first-order valence-corrected chi connectivity index (χ1v) is 6.72. The molecule has 2 N–H and O–H groups in total. The van der Waals surface area contributed by atoms with Crippen molar-refractivity contribution in [3.63, 3.8) is 0 Å². The molecule has 0 aliphatic carbocycles. The van der Waals surface area contributed by atoms with E-state index in [-0.39, 0.29) is 0 Å². The zero-order chi connectivity index (χ0) is 14.4. The Hall–Kier alpha value is -2.14. The van der Waals surface area contributed by atoms with Crippen molar-refractivity contribution in [2.45, 2.75) is 19.9 Å². The molecule has 0 bridgehead atoms. The zero-order valence-electron chi connectivity index (χ0n) is 11.9. The molecule has 0 saturated carbocycles. The van der Waals surface area contributed by atoms with Gasteiger partial charge in [-0.2, -0.15) is 4.98 Å². The Morgan fingerprint density at radius 1 is 1.25 bits per heavy atom. The van der Waals surface area contributed by atoms with Gasteiger partial charge in [0.25, 0.3) is 0 Å². The van der Waals surface area contributed by atoms with Gasteiger partial charge < -0.3 is 15.4 Å². The normalized spacial score (nSPS) is 10.3. The Morgan fingerprint density at radius 2 is 2.05 bits per heavy atom. The fourth-order valence-corrected chi connectivity index (χ4v) is 1.91. The molecule has 0 saturated heterocycles. The van der Waals surface area contributed by atoms with Crippen molar-refractivity contribution < 1.29 is 4.74 Å². The van der Waals surface area contributed by atoms with Crippen molar-refractivity contribution in [2.75, 3.05) is 18.6 Å². The molecule has 0 amide bonds. The van der Waals surface area contributed by atoms with Gasteiger partial charge in [0, 0.05) is 19.3 Å². The van der Waals surface area contributed by atoms with E-state index in [0.29, 0.717) is 19.0 Å². The first kappa shape index (κ1) is 14.3. The molecule has 106 valence electrons. The third kappa shape index (κ3) is 3.24. The molecule has 5 heteroatoms. The van der Waals surface area contributed by atoms with Crippen molar-refractivity contribution >= 4 is 11.5 Å². The minimum atomic E-state index is 0.486. The number of nitrogens with zero attached hydrogens (tertiary/aromatic N) is 3. The van der Waals surface area contributed by atoms with Gasteiger partial charge in [0.15, 0.2) is 5.82 Å². The van der Waals surface area contributed by atoms with Crippen LogP contribution in [0.1, 0.15) is 18.9 Å². The van der Waals surface area contributed by atoms with Crippen LogP contribution in [0, 0.1) is 0 Å². The number of anilines is 2. The van der Waals surface area contributed by atoms with E-state index < -0.39 is 0 Å². The van der Waals surface area contributed by atoms with Gasteiger partial charge in [-0.05, 0) is 18.1 Å². The maximum atomic E-state index is 5.77. The summed E-state index contributed by atoms with van der Waals surface area (Å²) in [6.07, 6.45) is 4.28. The highest BCUT2D eigenvalue weighted by Gasteiger charge is 2.10. The van der Waals surface area contributed by atoms with E-state index in [9.17, 15) is 0 Å². The van der Waals surface area contributed by atoms with Gasteiger partial charge in [0.2, 0.25) is 5.88 Å². The maximum absolute atomic E-state index is 5.77. The van der Waals surface area contributed by atoms with Crippen molar-refractivity contribution in [2.24, 2.45) is 5.73 Å². The van der Waals surface area contributed by atoms with Gasteiger partial charge in [0.05, 0.1) is 19.0 Å². The van der Waals surface area contributed by atoms with Gasteiger partial charge in [-0.3, -0.25) is 4.98 Å². The van der Waals surface area contributed by atoms with Crippen molar-refractivity contribution in [1.82, 2.24) is 9.97 Å². The molecule has 0 radical (unpaired) electrons. The van der Waals surface area contributed by atoms with Gasteiger partial charge in [-0.25, -0.2) is 0 Å². The van der Waals surface area contributed by atoms with E-state index in [2.05, 4.69) is 16.9 Å². The number of hydrogen-bond acceptors (Lipinski definition) is 5. The average molecular weight is 272 g/mol. The molecule has 0 unspecified atom stereocenters. The number of nitrogens with two attached hydrogens (primary N) is 1. The van der Waals surface area contributed by atoms with Crippen LogP contribution in [0.4, 0.5) is 11.5 Å². The second kappa shape index (κ2) is 6.86. The van der Waals surface area contributed by atoms with E-state index in [1.54, 1.807) is 12.4 Å². The van der Waals surface area contributed by atoms with Crippen LogP contribution in [0.5, 0.6) is 5.88 Å². The third-order valence-corrected chi connectivity index (χ3v) is 2.97. The monoisotopic (exact) mass is 272 g/mol. The Kier molecular flexibility index (Phi) is 4.90. The Morgan fingerprint density at radius 3 is 2.80 bits per heavy atom. The number of para-hydroxylation sites is 1. The molecule has 2 rings (SSSR count). The third-order valence-electron chi connectivity index (χ3n) is 2.97. The highest BCUT2D eigenvalue weighted by atomic mass is 16.5. The number of aromatic nitrogens is 2. The predicted molar refractivity (Wildman–Crippen MR) is 80.2 cm³/mol. The summed E-state index contributed by atoms with van der Waals surface area (Å²) in [5.74, 6) is 1.28. The maximum Gasteiger partial charge on any atom is 0.234 e. The van der Waals surface area contributed by atoms with Crippen LogP contribution in [-0.2, 0) is 6.54 Å². The Balaban J connectivity index is 2.26. The lowest BCUT2D eigenvalue weighted by atomic mass is 10.1. The van der Waals surface area contributed by atoms with Crippen LogP contribution in [0.25, 0.3) is 0 Å². The summed E-state index contributed by atoms with van der Waals surface area (Å²) in [6, 6.07) is 7.99. The summed E-state index contributed by atoms with van der Waals surface area (Å²) in [4.78, 5) is 10.6. The van der Waals surface area contributed by atoms with Crippen LogP contribution >= 0.6 is 0 Å². The summed E-state index contributed by atoms with van der Waals surface area (Å²) >= 11 is 0. The Labute approximate surface area is 119 Å². The molecular formula is C15H20N4O. The minimum Gasteiger partial charge on any atom is -0.477 e. The molecule has 1 aromatic heterocycles. The minimum absolute atomic E-state index is 0.486. The van der Waals surface area contributed by atoms with E-state index in [1.165, 1.54) is 0 Å². The molecule has 20 heavy (non-hydrogen) atoms. The van der Waals surface area contributed by atoms with Crippen LogP contribution in [-0.4, -0.2) is 23.6 Å². The van der Waals surface area contributed by atoms with Crippen molar-refractivity contribution in [3.8, 4) is 5.88 Å². The standard InChI is InChI=1S/C15H20N4O/c1-3-8-20-15-11-17-10-14(18-15)19(2)13-7-5-4-6-12(13)9-16/h4-7,10-11H,3,8-9,16H2,1-2H3. The van der Waals surface area contributed by atoms with Crippen LogP contribution in [0.15, 0.2) is 36.7 Å². The summed E-state index contributed by atoms with van der Waals surface area (Å²) in [5, 5.41) is 0. The van der Waals surface area contributed by atoms with Gasteiger partial charge >= 0.3 is 0 Å². The summed E-state index contributed by atoms with van der Waals surface area (Å²) in [5.41, 5.74) is 7.87. The summed E-state index contributed by atoms with van der Waals surface area (Å²) in [6.45, 7) is 3.18. The highest BCUT2D eigenvalue weighted by molar-refractivity contribution is 5.62. The van der Waals surface area contributed by atoms with E-state index in [1.807, 2.05) is 36.2 Å². The van der Waals surface area contributed by atoms with Gasteiger partial charge in [-0.15, -0.1) is 0 Å². The lowest BCUT2D eigenvalue weighted by molar-refractivity contribution is 0.304. The number of rotatable bonds is 6. The van der Waals surface area contributed by atoms with Crippen molar-refractivity contribution in [3.05, 3.63) is 42.2 Å². The first-order valence-electron chi connectivity index (χ1n) is 6.72. The van der Waals surface area contributed by atoms with E-state index in [4.69, 9.17) is 10.5 Å². The van der Waals surface area contributed by atoms with Crippen LogP contribution < -0.4 is 15.4 Å². The molecule has 1 heterocycles. The summed E-state index contributed by atoms with van der Waals surface area (Å²) < 4.78 is 5.51. The molecule has 2 aromatic rings. The fourth-order valence-electron chi connectivity index (χ4n) is 1.91. The lowest BCUT2D eigenvalue weighted by Crippen LogP contribution is -2.15. The number of hydrogen-bond donors (Lipinski definition) is 1. The lowest BCUT2D eigenvalue weighted by Gasteiger charge is -2.21. The molecular weight excluding hydrogens is 252 g/mol. The molecule has 0 aliphatic rings. The first-order chi connectivity index (χ1) is 9.76. The van der Waals surface area contributed by atoms with Crippen LogP contribution in [0.3, 0.4) is 0 Å². The average Bonchev–Trinajstić information content (AvgIpc) is 2.52. The predicted octanol–water partition coefficient (Wildman–Crippen LogP) is 2.49. The van der Waals surface area contributed by atoms with Gasteiger partial charge in [-0.1, -0.05) is 25.1 Å². The molecule has 5 nitrogen and oxygen atoms in total. The molecule has 0 aliphatic heterocycles. The highest BCUT2D eigenvalue weighted by Crippen LogP contribution is 2.25. The van der Waals surface area contributed by atoms with E-state index >= 15 is 0 Å². The molecule has 1 aromatic carbocycles. The van der Waals surface area contributed by atoms with E-state index in [0.717, 1.165) is 23.5 Å². The molecule has 0 atom stereocenters. The second-order valence-electron chi connectivity index (χ2n) is 4.46. The number of benzene rings is 1. The number of ether oxygens (including phenoxy) is 1. The molecule has 0 spiro atoms. The van der Waals surface area contributed by atoms with Crippen molar-refractivity contribution in [1.29, 1.82) is 0 Å². The Bertz CT molecular complexity index is 559. The fraction of sp³-hybridized carbons (Fsp3) is 0.333. The van der Waals surface area contributed by atoms with Gasteiger partial charge in [0.1, 0.15) is 0 Å². The van der Waals surface area contributed by atoms with Crippen LogP contribution in [0.2, 0.25) is 0 Å². The smallest absolute Gasteiger partial charge is 0.234 e. The topological polar surface area (TPSA) is 64.3 Å². The zero-order valence-corrected chi connectivity index (χ0v) is 11.9. The summed E-state index contributed by atoms with van der Waals surface area (Å²) in [7, 11) is 1.95. The quantitative estimate of drug-likeness (QED) is 0.875. The largest absolute Gasteiger partial charge is 0.477 e. The second-order valence-corrected chi connectivity index (χ2v) is 4.46.